The average Bonchev–Trinajstić information content (AvgIpc) is 3.18. The lowest BCUT2D eigenvalue weighted by Gasteiger charge is -2.30. The third-order valence-electron chi connectivity index (χ3n) is 11.0. The molecule has 1 aromatic heterocycles. The SMILES string of the molecule is C=CCC(C/C=C/CCCC)CC(CC=C)n1c(=O)n(C(CC=C)CC(CC=C)C/C=C/CCCC)c(=O)n(C(CC=C)CC(CC=C)C/C=C/CCCC)c1=O. The van der Waals surface area contributed by atoms with Crippen molar-refractivity contribution < 1.29 is 0 Å². The van der Waals surface area contributed by atoms with Crippen molar-refractivity contribution in [3.63, 3.8) is 0 Å². The predicted molar refractivity (Wildman–Crippen MR) is 249 cm³/mol. The Bertz CT molecular complexity index is 1370. The first-order valence-electron chi connectivity index (χ1n) is 22.3. The second-order valence-corrected chi connectivity index (χ2v) is 15.9. The predicted octanol–water partition coefficient (Wildman–Crippen LogP) is 13.7. The van der Waals surface area contributed by atoms with E-state index in [0.717, 1.165) is 96.3 Å². The first kappa shape index (κ1) is 51.1. The van der Waals surface area contributed by atoms with Crippen molar-refractivity contribution in [2.24, 2.45) is 17.8 Å². The highest BCUT2D eigenvalue weighted by molar-refractivity contribution is 4.98. The third kappa shape index (κ3) is 18.9. The normalized spacial score (nSPS) is 15.0. The number of aromatic nitrogens is 3. The Hall–Kier alpha value is -3.93. The lowest BCUT2D eigenvalue weighted by atomic mass is 9.90. The van der Waals surface area contributed by atoms with E-state index in [9.17, 15) is 0 Å². The molecule has 6 unspecified atom stereocenters. The summed E-state index contributed by atoms with van der Waals surface area (Å²) in [6.45, 7) is 30.8. The standard InChI is InChI=1S/C51H81N3O3/c1-10-19-22-25-28-37-43(31-13-4)40-46(34-16-7)52-49(55)53(47(35-17-8)41-44(32-14-5)38-29-26-23-20-11-2)51(57)54(50(52)56)48(36-18-9)42-45(33-15-6)39-30-27-24-21-12-3/h13-18,25-30,43-48H,4-12,19-24,31-42H2,1-3H3/b28-25+,29-26+,30-27+. The fourth-order valence-electron chi connectivity index (χ4n) is 7.94. The summed E-state index contributed by atoms with van der Waals surface area (Å²) in [6.07, 6.45) is 42.1. The monoisotopic (exact) mass is 784 g/mol. The third-order valence-corrected chi connectivity index (χ3v) is 11.0. The number of unbranched alkanes of at least 4 members (excludes halogenated alkanes) is 6. The summed E-state index contributed by atoms with van der Waals surface area (Å²) in [6, 6.07) is -1.46. The number of hydrogen-bond acceptors (Lipinski definition) is 3. The zero-order valence-corrected chi connectivity index (χ0v) is 36.6. The van der Waals surface area contributed by atoms with Gasteiger partial charge in [-0.1, -0.05) is 132 Å². The molecule has 0 amide bonds. The Morgan fingerprint density at radius 2 is 0.632 bits per heavy atom. The van der Waals surface area contributed by atoms with Gasteiger partial charge in [-0.2, -0.15) is 0 Å². The van der Waals surface area contributed by atoms with Gasteiger partial charge in [0.05, 0.1) is 0 Å². The van der Waals surface area contributed by atoms with Crippen LogP contribution in [0.1, 0.15) is 174 Å². The second kappa shape index (κ2) is 32.1. The van der Waals surface area contributed by atoms with Crippen LogP contribution in [0.3, 0.4) is 0 Å². The second-order valence-electron chi connectivity index (χ2n) is 15.9. The molecule has 57 heavy (non-hydrogen) atoms. The maximum Gasteiger partial charge on any atom is 0.336 e. The maximum atomic E-state index is 15.0. The van der Waals surface area contributed by atoms with Gasteiger partial charge in [0.15, 0.2) is 0 Å². The number of allylic oxidation sites excluding steroid dienone is 12. The van der Waals surface area contributed by atoms with Crippen LogP contribution in [0.2, 0.25) is 0 Å². The van der Waals surface area contributed by atoms with Crippen molar-refractivity contribution in [2.45, 2.75) is 174 Å². The molecule has 6 heteroatoms. The molecule has 0 aliphatic rings. The Morgan fingerprint density at radius 3 is 0.842 bits per heavy atom. The fourth-order valence-corrected chi connectivity index (χ4v) is 7.94. The van der Waals surface area contributed by atoms with Gasteiger partial charge in [0.2, 0.25) is 0 Å². The molecule has 0 saturated carbocycles. The van der Waals surface area contributed by atoms with Crippen molar-refractivity contribution in [1.29, 1.82) is 0 Å². The summed E-state index contributed by atoms with van der Waals surface area (Å²) in [7, 11) is 0. The van der Waals surface area contributed by atoms with Crippen molar-refractivity contribution in [3.8, 4) is 0 Å². The number of nitrogens with zero attached hydrogens (tertiary/aromatic N) is 3. The molecule has 0 aliphatic carbocycles. The van der Waals surface area contributed by atoms with Gasteiger partial charge in [-0.25, -0.2) is 28.1 Å². The molecule has 1 rings (SSSR count). The summed E-state index contributed by atoms with van der Waals surface area (Å²) >= 11 is 0. The molecule has 0 radical (unpaired) electrons. The van der Waals surface area contributed by atoms with Crippen LogP contribution < -0.4 is 17.1 Å². The van der Waals surface area contributed by atoms with E-state index < -0.39 is 35.2 Å². The van der Waals surface area contributed by atoms with E-state index in [1.165, 1.54) is 13.7 Å². The molecule has 0 N–H and O–H groups in total. The molecule has 0 fully saturated rings. The molecule has 0 saturated heterocycles. The Morgan fingerprint density at radius 1 is 0.386 bits per heavy atom. The largest absolute Gasteiger partial charge is 0.336 e. The van der Waals surface area contributed by atoms with E-state index in [0.29, 0.717) is 38.5 Å². The quantitative estimate of drug-likeness (QED) is 0.0503. The Balaban J connectivity index is 4.13. The molecule has 6 nitrogen and oxygen atoms in total. The smallest absolute Gasteiger partial charge is 0.247 e. The van der Waals surface area contributed by atoms with Crippen LogP contribution in [0.15, 0.2) is 127 Å². The van der Waals surface area contributed by atoms with Crippen molar-refractivity contribution >= 4 is 0 Å². The van der Waals surface area contributed by atoms with Gasteiger partial charge in [0.25, 0.3) is 0 Å². The summed E-state index contributed by atoms with van der Waals surface area (Å²) in [5.41, 5.74) is -1.65. The number of rotatable bonds is 36. The number of hydrogen-bond donors (Lipinski definition) is 0. The lowest BCUT2D eigenvalue weighted by Crippen LogP contribution is -2.57. The van der Waals surface area contributed by atoms with E-state index in [-0.39, 0.29) is 17.8 Å². The average molecular weight is 784 g/mol. The molecule has 1 aromatic rings. The van der Waals surface area contributed by atoms with E-state index in [4.69, 9.17) is 0 Å². The summed E-state index contributed by atoms with van der Waals surface area (Å²) < 4.78 is 4.19. The van der Waals surface area contributed by atoms with E-state index in [2.05, 4.69) is 96.7 Å². The zero-order valence-electron chi connectivity index (χ0n) is 36.6. The molecule has 318 valence electrons. The minimum atomic E-state index is -0.550. The van der Waals surface area contributed by atoms with Crippen LogP contribution in [0.5, 0.6) is 0 Å². The van der Waals surface area contributed by atoms with Crippen LogP contribution in [0, 0.1) is 17.8 Å². The molecule has 0 aromatic carbocycles. The van der Waals surface area contributed by atoms with E-state index in [1.54, 1.807) is 18.2 Å². The van der Waals surface area contributed by atoms with Crippen LogP contribution in [0.4, 0.5) is 0 Å². The van der Waals surface area contributed by atoms with Gasteiger partial charge in [-0.15, -0.1) is 39.5 Å². The van der Waals surface area contributed by atoms with Crippen molar-refractivity contribution in [3.05, 3.63) is 144 Å². The fraction of sp³-hybridized carbons (Fsp3) is 0.588. The van der Waals surface area contributed by atoms with Gasteiger partial charge in [-0.05, 0) is 114 Å². The van der Waals surface area contributed by atoms with E-state index >= 15 is 14.4 Å². The highest BCUT2D eigenvalue weighted by Gasteiger charge is 2.30. The maximum absolute atomic E-state index is 15.0. The molecular formula is C51H81N3O3. The van der Waals surface area contributed by atoms with E-state index in [1.807, 2.05) is 18.2 Å². The highest BCUT2D eigenvalue weighted by Crippen LogP contribution is 2.30. The van der Waals surface area contributed by atoms with Gasteiger partial charge >= 0.3 is 17.1 Å². The van der Waals surface area contributed by atoms with Crippen LogP contribution >= 0.6 is 0 Å². The first-order chi connectivity index (χ1) is 27.7. The van der Waals surface area contributed by atoms with Gasteiger partial charge in [0, 0.05) is 18.1 Å². The minimum Gasteiger partial charge on any atom is -0.247 e. The topological polar surface area (TPSA) is 66.0 Å². The minimum absolute atomic E-state index is 0.159. The molecule has 6 atom stereocenters. The summed E-state index contributed by atoms with van der Waals surface area (Å²) in [4.78, 5) is 45.0. The van der Waals surface area contributed by atoms with Crippen molar-refractivity contribution in [1.82, 2.24) is 13.7 Å². The van der Waals surface area contributed by atoms with Crippen molar-refractivity contribution in [2.75, 3.05) is 0 Å². The molecule has 0 bridgehead atoms. The van der Waals surface area contributed by atoms with Gasteiger partial charge < -0.3 is 0 Å². The zero-order chi connectivity index (χ0) is 42.3. The molecule has 0 spiro atoms. The van der Waals surface area contributed by atoms with Gasteiger partial charge in [-0.3, -0.25) is 0 Å². The lowest BCUT2D eigenvalue weighted by molar-refractivity contribution is 0.266. The Kier molecular flexibility index (Phi) is 28.7. The molecule has 0 aliphatic heterocycles. The molecular weight excluding hydrogens is 703 g/mol. The summed E-state index contributed by atoms with van der Waals surface area (Å²) in [5.74, 6) is 0.476. The Labute approximate surface area is 348 Å². The van der Waals surface area contributed by atoms with Gasteiger partial charge in [0.1, 0.15) is 0 Å². The summed E-state index contributed by atoms with van der Waals surface area (Å²) in [5, 5.41) is 0. The first-order valence-corrected chi connectivity index (χ1v) is 22.3. The van der Waals surface area contributed by atoms with Crippen LogP contribution in [0.25, 0.3) is 0 Å². The highest BCUT2D eigenvalue weighted by atomic mass is 16.2. The van der Waals surface area contributed by atoms with Crippen LogP contribution in [-0.4, -0.2) is 13.7 Å². The van der Waals surface area contributed by atoms with Crippen LogP contribution in [-0.2, 0) is 0 Å². The molecule has 1 heterocycles.